The lowest BCUT2D eigenvalue weighted by Crippen LogP contribution is -2.40. The van der Waals surface area contributed by atoms with E-state index in [1.807, 2.05) is 0 Å². The highest BCUT2D eigenvalue weighted by Gasteiger charge is 2.21. The third-order valence-corrected chi connectivity index (χ3v) is 3.80. The van der Waals surface area contributed by atoms with Gasteiger partial charge in [0.15, 0.2) is 0 Å². The Morgan fingerprint density at radius 3 is 2.79 bits per heavy atom. The van der Waals surface area contributed by atoms with Crippen molar-refractivity contribution in [2.75, 3.05) is 32.9 Å². The van der Waals surface area contributed by atoms with Gasteiger partial charge in [-0.05, 0) is 24.7 Å². The molecule has 3 N–H and O–H groups in total. The van der Waals surface area contributed by atoms with Crippen LogP contribution in [0.1, 0.15) is 39.0 Å². The minimum atomic E-state index is -0.0834. The smallest absolute Gasteiger partial charge is 0.314 e. The molecule has 0 saturated heterocycles. The number of carbonyl (C=O) groups excluding carboxylic acids is 1. The van der Waals surface area contributed by atoms with Gasteiger partial charge in [-0.2, -0.15) is 0 Å². The van der Waals surface area contributed by atoms with Gasteiger partial charge in [-0.15, -0.1) is 0 Å². The van der Waals surface area contributed by atoms with Crippen LogP contribution in [-0.4, -0.2) is 44.0 Å². The molecule has 1 aliphatic rings. The maximum atomic E-state index is 11.6. The number of hydrogen-bond acceptors (Lipinski definition) is 3. The van der Waals surface area contributed by atoms with E-state index in [1.165, 1.54) is 25.7 Å². The summed E-state index contributed by atoms with van der Waals surface area (Å²) in [6.45, 7) is 4.66. The number of urea groups is 1. The van der Waals surface area contributed by atoms with Crippen LogP contribution in [0.15, 0.2) is 0 Å². The van der Waals surface area contributed by atoms with Crippen LogP contribution in [0.4, 0.5) is 4.79 Å². The molecule has 2 atom stereocenters. The maximum absolute atomic E-state index is 11.6. The average Bonchev–Trinajstić information content (AvgIpc) is 2.42. The summed E-state index contributed by atoms with van der Waals surface area (Å²) in [5, 5.41) is 14.3. The van der Waals surface area contributed by atoms with Crippen LogP contribution >= 0.6 is 0 Å². The van der Waals surface area contributed by atoms with E-state index in [-0.39, 0.29) is 12.6 Å². The first-order valence-electron chi connectivity index (χ1n) is 7.44. The molecule has 2 unspecified atom stereocenters. The van der Waals surface area contributed by atoms with E-state index in [2.05, 4.69) is 17.6 Å². The molecule has 0 heterocycles. The summed E-state index contributed by atoms with van der Waals surface area (Å²) in [5.74, 6) is 1.35. The van der Waals surface area contributed by atoms with E-state index in [0.717, 1.165) is 18.9 Å². The van der Waals surface area contributed by atoms with E-state index >= 15 is 0 Å². The molecule has 5 heteroatoms. The van der Waals surface area contributed by atoms with Crippen LogP contribution < -0.4 is 10.6 Å². The summed E-state index contributed by atoms with van der Waals surface area (Å²) in [4.78, 5) is 11.6. The summed E-state index contributed by atoms with van der Waals surface area (Å²) >= 11 is 0. The van der Waals surface area contributed by atoms with Crippen molar-refractivity contribution in [3.63, 3.8) is 0 Å². The van der Waals surface area contributed by atoms with Gasteiger partial charge in [0.2, 0.25) is 0 Å². The Labute approximate surface area is 116 Å². The van der Waals surface area contributed by atoms with Crippen molar-refractivity contribution in [1.29, 1.82) is 0 Å². The number of aliphatic hydroxyl groups excluding tert-OH is 1. The largest absolute Gasteiger partial charge is 0.394 e. The Balaban J connectivity index is 1.98. The number of aliphatic hydroxyl groups is 1. The molecule has 0 spiro atoms. The summed E-state index contributed by atoms with van der Waals surface area (Å²) in [6.07, 6.45) is 5.91. The van der Waals surface area contributed by atoms with Crippen LogP contribution in [0.5, 0.6) is 0 Å². The molecule has 2 amide bonds. The molecule has 1 aliphatic carbocycles. The average molecular weight is 272 g/mol. The van der Waals surface area contributed by atoms with Crippen molar-refractivity contribution < 1.29 is 14.6 Å². The molecule has 112 valence electrons. The van der Waals surface area contributed by atoms with Crippen LogP contribution in [0.3, 0.4) is 0 Å². The molecule has 0 bridgehead atoms. The van der Waals surface area contributed by atoms with E-state index in [0.29, 0.717) is 25.7 Å². The second-order valence-electron chi connectivity index (χ2n) is 5.35. The van der Waals surface area contributed by atoms with Crippen LogP contribution in [0.2, 0.25) is 0 Å². The fourth-order valence-electron chi connectivity index (χ4n) is 2.53. The summed E-state index contributed by atoms with van der Waals surface area (Å²) in [5.41, 5.74) is 0. The van der Waals surface area contributed by atoms with Crippen molar-refractivity contribution in [1.82, 2.24) is 10.6 Å². The lowest BCUT2D eigenvalue weighted by Gasteiger charge is -2.28. The maximum Gasteiger partial charge on any atom is 0.314 e. The van der Waals surface area contributed by atoms with Gasteiger partial charge >= 0.3 is 6.03 Å². The fraction of sp³-hybridized carbons (Fsp3) is 0.929. The van der Waals surface area contributed by atoms with Gasteiger partial charge in [-0.3, -0.25) is 0 Å². The summed E-state index contributed by atoms with van der Waals surface area (Å²) < 4.78 is 5.11. The van der Waals surface area contributed by atoms with Crippen molar-refractivity contribution in [3.8, 4) is 0 Å². The Bertz CT molecular complexity index is 249. The topological polar surface area (TPSA) is 70.6 Å². The summed E-state index contributed by atoms with van der Waals surface area (Å²) in [6, 6.07) is -0.0834. The number of carbonyl (C=O) groups is 1. The SMILES string of the molecule is CC1CCCCC1CNC(=O)NCCCOCCO. The zero-order valence-electron chi connectivity index (χ0n) is 12.0. The van der Waals surface area contributed by atoms with E-state index in [9.17, 15) is 4.79 Å². The molecule has 5 nitrogen and oxygen atoms in total. The minimum Gasteiger partial charge on any atom is -0.394 e. The first-order chi connectivity index (χ1) is 9.24. The molecule has 0 aliphatic heterocycles. The van der Waals surface area contributed by atoms with E-state index in [4.69, 9.17) is 9.84 Å². The molecule has 0 aromatic heterocycles. The minimum absolute atomic E-state index is 0.0491. The molecule has 0 aromatic carbocycles. The first kappa shape index (κ1) is 16.2. The van der Waals surface area contributed by atoms with E-state index in [1.54, 1.807) is 0 Å². The number of ether oxygens (including phenoxy) is 1. The van der Waals surface area contributed by atoms with Crippen LogP contribution in [-0.2, 0) is 4.74 Å². The molecule has 1 saturated carbocycles. The molecular formula is C14H28N2O3. The Kier molecular flexibility index (Phi) is 8.58. The fourth-order valence-corrected chi connectivity index (χ4v) is 2.53. The molecule has 1 rings (SSSR count). The summed E-state index contributed by atoms with van der Waals surface area (Å²) in [7, 11) is 0. The predicted octanol–water partition coefficient (Wildman–Crippen LogP) is 1.51. The third kappa shape index (κ3) is 7.38. The molecule has 1 fully saturated rings. The van der Waals surface area contributed by atoms with Gasteiger partial charge in [-0.25, -0.2) is 4.79 Å². The number of rotatable bonds is 8. The van der Waals surface area contributed by atoms with Crippen molar-refractivity contribution in [2.45, 2.75) is 39.0 Å². The monoisotopic (exact) mass is 272 g/mol. The van der Waals surface area contributed by atoms with Crippen molar-refractivity contribution in [2.24, 2.45) is 11.8 Å². The number of amides is 2. The first-order valence-corrected chi connectivity index (χ1v) is 7.44. The predicted molar refractivity (Wildman–Crippen MR) is 75.0 cm³/mol. The zero-order chi connectivity index (χ0) is 13.9. The highest BCUT2D eigenvalue weighted by molar-refractivity contribution is 5.73. The normalized spacial score (nSPS) is 23.1. The number of hydrogen-bond donors (Lipinski definition) is 3. The Morgan fingerprint density at radius 1 is 1.26 bits per heavy atom. The van der Waals surface area contributed by atoms with Crippen LogP contribution in [0.25, 0.3) is 0 Å². The van der Waals surface area contributed by atoms with Crippen LogP contribution in [0, 0.1) is 11.8 Å². The van der Waals surface area contributed by atoms with Gasteiger partial charge in [0.05, 0.1) is 13.2 Å². The molecule has 0 radical (unpaired) electrons. The molecule has 0 aromatic rings. The lowest BCUT2D eigenvalue weighted by atomic mass is 9.80. The van der Waals surface area contributed by atoms with Gasteiger partial charge in [0, 0.05) is 19.7 Å². The van der Waals surface area contributed by atoms with Gasteiger partial charge in [0.25, 0.3) is 0 Å². The quantitative estimate of drug-likeness (QED) is 0.587. The van der Waals surface area contributed by atoms with Gasteiger partial charge < -0.3 is 20.5 Å². The highest BCUT2D eigenvalue weighted by atomic mass is 16.5. The van der Waals surface area contributed by atoms with Crippen molar-refractivity contribution in [3.05, 3.63) is 0 Å². The molecule has 19 heavy (non-hydrogen) atoms. The number of nitrogens with one attached hydrogen (secondary N) is 2. The standard InChI is InChI=1S/C14H28N2O3/c1-12-5-2-3-6-13(12)11-16-14(18)15-7-4-9-19-10-8-17/h12-13,17H,2-11H2,1H3,(H2,15,16,18). The highest BCUT2D eigenvalue weighted by Crippen LogP contribution is 2.28. The van der Waals surface area contributed by atoms with Gasteiger partial charge in [-0.1, -0.05) is 26.2 Å². The second kappa shape index (κ2) is 10.0. The second-order valence-corrected chi connectivity index (χ2v) is 5.35. The third-order valence-electron chi connectivity index (χ3n) is 3.80. The van der Waals surface area contributed by atoms with Gasteiger partial charge in [0.1, 0.15) is 0 Å². The van der Waals surface area contributed by atoms with Crippen molar-refractivity contribution >= 4 is 6.03 Å². The Hall–Kier alpha value is -0.810. The Morgan fingerprint density at radius 2 is 2.05 bits per heavy atom. The lowest BCUT2D eigenvalue weighted by molar-refractivity contribution is 0.0909. The van der Waals surface area contributed by atoms with E-state index < -0.39 is 0 Å². The zero-order valence-corrected chi connectivity index (χ0v) is 12.0. The molecular weight excluding hydrogens is 244 g/mol.